The summed E-state index contributed by atoms with van der Waals surface area (Å²) in [5, 5.41) is 16.9. The van der Waals surface area contributed by atoms with Crippen molar-refractivity contribution < 1.29 is 5.11 Å². The maximum atomic E-state index is 9.02. The van der Waals surface area contributed by atoms with Crippen LogP contribution in [0.1, 0.15) is 25.3 Å². The minimum Gasteiger partial charge on any atom is -0.396 e. The molecule has 0 radical (unpaired) electrons. The van der Waals surface area contributed by atoms with Crippen LogP contribution in [0.2, 0.25) is 5.15 Å². The minimum absolute atomic E-state index is 0.203. The fourth-order valence-corrected chi connectivity index (χ4v) is 2.14. The zero-order chi connectivity index (χ0) is 13.8. The van der Waals surface area contributed by atoms with E-state index in [2.05, 4.69) is 27.3 Å². The van der Waals surface area contributed by atoms with Gasteiger partial charge in [0.25, 0.3) is 5.78 Å². The highest BCUT2D eigenvalue weighted by molar-refractivity contribution is 6.30. The lowest BCUT2D eigenvalue weighted by molar-refractivity contribution is 0.258. The van der Waals surface area contributed by atoms with E-state index in [1.807, 2.05) is 6.92 Å². The first kappa shape index (κ1) is 14.0. The van der Waals surface area contributed by atoms with Crippen molar-refractivity contribution >= 4 is 23.2 Å². The summed E-state index contributed by atoms with van der Waals surface area (Å²) in [4.78, 5) is 8.20. The van der Waals surface area contributed by atoms with Gasteiger partial charge < -0.3 is 10.4 Å². The molecule has 0 bridgehead atoms. The van der Waals surface area contributed by atoms with Gasteiger partial charge in [-0.15, -0.1) is 0 Å². The topological polar surface area (TPSA) is 75.3 Å². The summed E-state index contributed by atoms with van der Waals surface area (Å²) in [5.41, 5.74) is 0.846. The van der Waals surface area contributed by atoms with E-state index >= 15 is 0 Å². The van der Waals surface area contributed by atoms with Crippen LogP contribution in [0.25, 0.3) is 5.78 Å². The fourth-order valence-electron chi connectivity index (χ4n) is 1.98. The number of hydrogen-bond donors (Lipinski definition) is 2. The summed E-state index contributed by atoms with van der Waals surface area (Å²) < 4.78 is 1.65. The Kier molecular flexibility index (Phi) is 4.55. The zero-order valence-corrected chi connectivity index (χ0v) is 11.9. The number of halogens is 1. The molecule has 6 nitrogen and oxygen atoms in total. The molecule has 0 aliphatic rings. The van der Waals surface area contributed by atoms with Crippen LogP contribution in [0, 0.1) is 12.8 Å². The average molecular weight is 284 g/mol. The first-order valence-corrected chi connectivity index (χ1v) is 6.75. The molecule has 2 rings (SSSR count). The highest BCUT2D eigenvalue weighted by Crippen LogP contribution is 2.22. The van der Waals surface area contributed by atoms with Gasteiger partial charge in [-0.1, -0.05) is 24.9 Å². The van der Waals surface area contributed by atoms with E-state index in [9.17, 15) is 0 Å². The summed E-state index contributed by atoms with van der Waals surface area (Å²) in [7, 11) is 0. The zero-order valence-electron chi connectivity index (χ0n) is 11.1. The number of nitrogens with zero attached hydrogens (tertiary/aromatic N) is 4. The molecule has 19 heavy (non-hydrogen) atoms. The molecule has 2 heterocycles. The standard InChI is InChI=1S/C12H18ClN5O/c1-3-9(4-5-19)6-14-11-8(2)10(13)17-12-15-7-16-18(11)12/h7,9,14,19H,3-6H2,1-2H3. The Balaban J connectivity index is 2.24. The molecule has 0 fully saturated rings. The van der Waals surface area contributed by atoms with Crippen LogP contribution in [0.4, 0.5) is 5.82 Å². The van der Waals surface area contributed by atoms with Crippen molar-refractivity contribution in [2.45, 2.75) is 26.7 Å². The summed E-state index contributed by atoms with van der Waals surface area (Å²) in [6.45, 7) is 4.97. The maximum absolute atomic E-state index is 9.02. The Morgan fingerprint density at radius 2 is 2.32 bits per heavy atom. The quantitative estimate of drug-likeness (QED) is 0.792. The van der Waals surface area contributed by atoms with Crippen LogP contribution in [0.3, 0.4) is 0 Å². The largest absolute Gasteiger partial charge is 0.396 e. The molecule has 2 aromatic heterocycles. The third-order valence-corrected chi connectivity index (χ3v) is 3.65. The van der Waals surface area contributed by atoms with E-state index in [-0.39, 0.29) is 6.61 Å². The molecule has 1 atom stereocenters. The fraction of sp³-hybridized carbons (Fsp3) is 0.583. The number of aliphatic hydroxyl groups is 1. The molecule has 0 amide bonds. The Bertz CT molecular complexity index is 556. The minimum atomic E-state index is 0.203. The number of nitrogens with one attached hydrogen (secondary N) is 1. The van der Waals surface area contributed by atoms with Gasteiger partial charge in [-0.2, -0.15) is 19.6 Å². The summed E-state index contributed by atoms with van der Waals surface area (Å²) >= 11 is 6.09. The van der Waals surface area contributed by atoms with Gasteiger partial charge in [0.15, 0.2) is 0 Å². The average Bonchev–Trinajstić information content (AvgIpc) is 2.85. The van der Waals surface area contributed by atoms with Gasteiger partial charge in [0.05, 0.1) is 0 Å². The maximum Gasteiger partial charge on any atom is 0.255 e. The molecule has 1 unspecified atom stereocenters. The molecule has 0 aliphatic heterocycles. The molecule has 104 valence electrons. The number of rotatable bonds is 6. The Morgan fingerprint density at radius 1 is 1.53 bits per heavy atom. The lowest BCUT2D eigenvalue weighted by Gasteiger charge is -2.17. The van der Waals surface area contributed by atoms with Crippen LogP contribution in [-0.4, -0.2) is 37.8 Å². The van der Waals surface area contributed by atoms with E-state index in [4.69, 9.17) is 16.7 Å². The van der Waals surface area contributed by atoms with Gasteiger partial charge in [-0.25, -0.2) is 0 Å². The lowest BCUT2D eigenvalue weighted by Crippen LogP contribution is -2.18. The third kappa shape index (κ3) is 2.96. The molecule has 0 saturated carbocycles. The molecule has 2 aromatic rings. The second kappa shape index (κ2) is 6.16. The monoisotopic (exact) mass is 283 g/mol. The number of aromatic nitrogens is 4. The summed E-state index contributed by atoms with van der Waals surface area (Å²) in [6.07, 6.45) is 3.24. The number of anilines is 1. The van der Waals surface area contributed by atoms with E-state index in [0.717, 1.165) is 30.8 Å². The first-order chi connectivity index (χ1) is 9.17. The van der Waals surface area contributed by atoms with Crippen molar-refractivity contribution in [1.82, 2.24) is 19.6 Å². The van der Waals surface area contributed by atoms with Gasteiger partial charge in [-0.3, -0.25) is 0 Å². The van der Waals surface area contributed by atoms with Crippen LogP contribution in [0.5, 0.6) is 0 Å². The second-order valence-corrected chi connectivity index (χ2v) is 4.87. The number of aliphatic hydroxyl groups excluding tert-OH is 1. The molecule has 0 spiro atoms. The highest BCUT2D eigenvalue weighted by Gasteiger charge is 2.13. The van der Waals surface area contributed by atoms with Gasteiger partial charge in [0, 0.05) is 18.7 Å². The molecular formula is C12H18ClN5O. The van der Waals surface area contributed by atoms with Crippen molar-refractivity contribution in [1.29, 1.82) is 0 Å². The van der Waals surface area contributed by atoms with Crippen LogP contribution >= 0.6 is 11.6 Å². The first-order valence-electron chi connectivity index (χ1n) is 6.38. The van der Waals surface area contributed by atoms with E-state index in [1.165, 1.54) is 6.33 Å². The third-order valence-electron chi connectivity index (χ3n) is 3.28. The highest BCUT2D eigenvalue weighted by atomic mass is 35.5. The molecule has 0 aliphatic carbocycles. The van der Waals surface area contributed by atoms with Gasteiger partial charge >= 0.3 is 0 Å². The lowest BCUT2D eigenvalue weighted by atomic mass is 10.0. The SMILES string of the molecule is CCC(CCO)CNc1c(C)c(Cl)nc2ncnn12. The van der Waals surface area contributed by atoms with Crippen LogP contribution in [-0.2, 0) is 0 Å². The van der Waals surface area contributed by atoms with E-state index < -0.39 is 0 Å². The summed E-state index contributed by atoms with van der Waals surface area (Å²) in [5.74, 6) is 1.70. The summed E-state index contributed by atoms with van der Waals surface area (Å²) in [6, 6.07) is 0. The van der Waals surface area contributed by atoms with Crippen LogP contribution < -0.4 is 5.32 Å². The van der Waals surface area contributed by atoms with Gasteiger partial charge in [0.1, 0.15) is 17.3 Å². The molecule has 2 N–H and O–H groups in total. The predicted molar refractivity (Wildman–Crippen MR) is 74.5 cm³/mol. The Labute approximate surface area is 116 Å². The smallest absolute Gasteiger partial charge is 0.255 e. The number of hydrogen-bond acceptors (Lipinski definition) is 5. The van der Waals surface area contributed by atoms with Crippen molar-refractivity contribution in [3.8, 4) is 0 Å². The number of fused-ring (bicyclic) bond motifs is 1. The van der Waals surface area contributed by atoms with Gasteiger partial charge in [-0.05, 0) is 19.3 Å². The second-order valence-electron chi connectivity index (χ2n) is 4.52. The molecule has 0 aromatic carbocycles. The van der Waals surface area contributed by atoms with Gasteiger partial charge in [0.2, 0.25) is 0 Å². The van der Waals surface area contributed by atoms with E-state index in [0.29, 0.717) is 16.8 Å². The van der Waals surface area contributed by atoms with Crippen molar-refractivity contribution in [2.75, 3.05) is 18.5 Å². The predicted octanol–water partition coefficient (Wildman–Crippen LogP) is 1.91. The molecular weight excluding hydrogens is 266 g/mol. The normalized spacial score (nSPS) is 12.8. The van der Waals surface area contributed by atoms with Crippen LogP contribution in [0.15, 0.2) is 6.33 Å². The Morgan fingerprint density at radius 3 is 3.00 bits per heavy atom. The Hall–Kier alpha value is -1.40. The molecule has 7 heteroatoms. The van der Waals surface area contributed by atoms with Crippen molar-refractivity contribution in [3.05, 3.63) is 17.0 Å². The van der Waals surface area contributed by atoms with Crippen molar-refractivity contribution in [3.63, 3.8) is 0 Å². The van der Waals surface area contributed by atoms with Crippen molar-refractivity contribution in [2.24, 2.45) is 5.92 Å². The van der Waals surface area contributed by atoms with E-state index in [1.54, 1.807) is 4.52 Å². The molecule has 0 saturated heterocycles.